The lowest BCUT2D eigenvalue weighted by Crippen LogP contribution is -2.51. The van der Waals surface area contributed by atoms with E-state index >= 15 is 0 Å². The average Bonchev–Trinajstić information content (AvgIpc) is 3.42. The van der Waals surface area contributed by atoms with Gasteiger partial charge in [0.25, 0.3) is 0 Å². The molecule has 0 aliphatic carbocycles. The van der Waals surface area contributed by atoms with Gasteiger partial charge in [-0.3, -0.25) is 9.48 Å². The van der Waals surface area contributed by atoms with Crippen LogP contribution in [0.1, 0.15) is 31.9 Å². The number of nitrogens with zero attached hydrogens (tertiary/aromatic N) is 4. The monoisotopic (exact) mass is 488 g/mol. The fourth-order valence-electron chi connectivity index (χ4n) is 4.13. The highest BCUT2D eigenvalue weighted by Gasteiger charge is 2.32. The van der Waals surface area contributed by atoms with Gasteiger partial charge >= 0.3 is 0 Å². The van der Waals surface area contributed by atoms with Gasteiger partial charge in [-0.05, 0) is 43.4 Å². The van der Waals surface area contributed by atoms with E-state index in [-0.39, 0.29) is 28.8 Å². The number of halogens is 1. The SMILES string of the molecule is CC1CCN(C(=O)C(CCn2nccc2C#N)NS(=O)(=O)c2cccc3[nH]cc(Cl)c23)CC1. The van der Waals surface area contributed by atoms with Crippen LogP contribution >= 0.6 is 11.6 Å². The molecule has 9 nitrogen and oxygen atoms in total. The maximum Gasteiger partial charge on any atom is 0.242 e. The van der Waals surface area contributed by atoms with Gasteiger partial charge < -0.3 is 9.88 Å². The van der Waals surface area contributed by atoms with E-state index in [0.717, 1.165) is 12.8 Å². The van der Waals surface area contributed by atoms with Gasteiger partial charge in [-0.25, -0.2) is 8.42 Å². The minimum atomic E-state index is -4.08. The number of likely N-dealkylation sites (tertiary alicyclic amines) is 1. The van der Waals surface area contributed by atoms with Crippen molar-refractivity contribution in [2.45, 2.75) is 43.7 Å². The summed E-state index contributed by atoms with van der Waals surface area (Å²) in [6, 6.07) is 7.43. The van der Waals surface area contributed by atoms with E-state index in [1.807, 2.05) is 6.07 Å². The van der Waals surface area contributed by atoms with E-state index in [4.69, 9.17) is 11.6 Å². The highest BCUT2D eigenvalue weighted by Crippen LogP contribution is 2.30. The number of nitriles is 1. The summed E-state index contributed by atoms with van der Waals surface area (Å²) in [7, 11) is -4.08. The fraction of sp³-hybridized carbons (Fsp3) is 0.409. The van der Waals surface area contributed by atoms with E-state index in [1.165, 1.54) is 23.1 Å². The Balaban J connectivity index is 1.62. The molecule has 1 aliphatic heterocycles. The number of benzene rings is 1. The number of rotatable bonds is 7. The van der Waals surface area contributed by atoms with Crippen molar-refractivity contribution in [3.8, 4) is 6.07 Å². The normalized spacial score (nSPS) is 16.1. The summed E-state index contributed by atoms with van der Waals surface area (Å²) in [6.45, 7) is 3.53. The van der Waals surface area contributed by atoms with Crippen LogP contribution in [-0.2, 0) is 21.4 Å². The first kappa shape index (κ1) is 23.3. The molecule has 3 aromatic rings. The molecule has 1 saturated heterocycles. The van der Waals surface area contributed by atoms with Gasteiger partial charge in [-0.2, -0.15) is 15.1 Å². The lowest BCUT2D eigenvalue weighted by atomic mass is 9.98. The van der Waals surface area contributed by atoms with Crippen LogP contribution in [0.5, 0.6) is 0 Å². The Morgan fingerprint density at radius 1 is 1.36 bits per heavy atom. The van der Waals surface area contributed by atoms with Crippen molar-refractivity contribution >= 4 is 38.4 Å². The van der Waals surface area contributed by atoms with E-state index in [9.17, 15) is 18.5 Å². The zero-order valence-corrected chi connectivity index (χ0v) is 19.7. The van der Waals surface area contributed by atoms with Crippen LogP contribution in [0.25, 0.3) is 10.9 Å². The number of carbonyl (C=O) groups excluding carboxylic acids is 1. The van der Waals surface area contributed by atoms with E-state index in [0.29, 0.717) is 35.6 Å². The first-order valence-electron chi connectivity index (χ1n) is 10.8. The molecular formula is C22H25ClN6O3S. The molecule has 1 atom stereocenters. The molecule has 33 heavy (non-hydrogen) atoms. The summed E-state index contributed by atoms with van der Waals surface area (Å²) in [5.74, 6) is 0.253. The molecular weight excluding hydrogens is 464 g/mol. The molecule has 1 amide bonds. The van der Waals surface area contributed by atoms with Crippen molar-refractivity contribution in [1.82, 2.24) is 24.4 Å². The number of H-pyrrole nitrogens is 1. The van der Waals surface area contributed by atoms with E-state index in [2.05, 4.69) is 21.7 Å². The molecule has 1 fully saturated rings. The molecule has 0 bridgehead atoms. The van der Waals surface area contributed by atoms with Crippen molar-refractivity contribution < 1.29 is 13.2 Å². The summed E-state index contributed by atoms with van der Waals surface area (Å²) in [6.07, 6.45) is 4.93. The number of sulfonamides is 1. The summed E-state index contributed by atoms with van der Waals surface area (Å²) in [5.41, 5.74) is 0.936. The highest BCUT2D eigenvalue weighted by atomic mass is 35.5. The maximum absolute atomic E-state index is 13.4. The number of amides is 1. The average molecular weight is 489 g/mol. The number of hydrogen-bond donors (Lipinski definition) is 2. The molecule has 1 aromatic carbocycles. The molecule has 2 N–H and O–H groups in total. The van der Waals surface area contributed by atoms with Gasteiger partial charge in [0, 0.05) is 36.7 Å². The van der Waals surface area contributed by atoms with Crippen LogP contribution in [0.2, 0.25) is 5.02 Å². The largest absolute Gasteiger partial charge is 0.360 e. The lowest BCUT2D eigenvalue weighted by molar-refractivity contribution is -0.134. The predicted molar refractivity (Wildman–Crippen MR) is 124 cm³/mol. The Kier molecular flexibility index (Phi) is 6.74. The Morgan fingerprint density at radius 2 is 2.12 bits per heavy atom. The fourth-order valence-corrected chi connectivity index (χ4v) is 5.91. The number of carbonyl (C=O) groups is 1. The van der Waals surface area contributed by atoms with Gasteiger partial charge in [0.1, 0.15) is 17.8 Å². The Labute approximate surface area is 197 Å². The maximum atomic E-state index is 13.4. The topological polar surface area (TPSA) is 124 Å². The highest BCUT2D eigenvalue weighted by molar-refractivity contribution is 7.89. The van der Waals surface area contributed by atoms with Crippen LogP contribution in [-0.4, -0.2) is 53.1 Å². The second-order valence-electron chi connectivity index (χ2n) is 8.34. The Hall–Kier alpha value is -2.87. The molecule has 0 saturated carbocycles. The molecule has 1 unspecified atom stereocenters. The number of fused-ring (bicyclic) bond motifs is 1. The molecule has 1 aliphatic rings. The smallest absolute Gasteiger partial charge is 0.242 e. The quantitative estimate of drug-likeness (QED) is 0.529. The molecule has 2 aromatic heterocycles. The first-order valence-corrected chi connectivity index (χ1v) is 12.6. The number of aromatic amines is 1. The van der Waals surface area contributed by atoms with Crippen LogP contribution in [0, 0.1) is 17.2 Å². The minimum absolute atomic E-state index is 0.00752. The van der Waals surface area contributed by atoms with Gasteiger partial charge in [0.2, 0.25) is 15.9 Å². The molecule has 0 radical (unpaired) electrons. The van der Waals surface area contributed by atoms with Crippen molar-refractivity contribution in [3.05, 3.63) is 47.4 Å². The summed E-state index contributed by atoms with van der Waals surface area (Å²) in [4.78, 5) is 18.0. The standard InChI is InChI=1S/C22H25ClN6O3S/c1-15-6-10-28(11-7-15)22(30)19(8-12-29-16(13-24)5-9-26-29)27-33(31,32)20-4-2-3-18-21(20)17(23)14-25-18/h2-5,9,14-15,19,25,27H,6-8,10-12H2,1H3. The van der Waals surface area contributed by atoms with Crippen LogP contribution in [0.4, 0.5) is 0 Å². The molecule has 0 spiro atoms. The van der Waals surface area contributed by atoms with Gasteiger partial charge in [0.05, 0.1) is 16.1 Å². The lowest BCUT2D eigenvalue weighted by Gasteiger charge is -2.33. The van der Waals surface area contributed by atoms with Gasteiger partial charge in [0.15, 0.2) is 0 Å². The molecule has 3 heterocycles. The first-order chi connectivity index (χ1) is 15.8. The van der Waals surface area contributed by atoms with Crippen molar-refractivity contribution in [2.75, 3.05) is 13.1 Å². The molecule has 174 valence electrons. The zero-order valence-electron chi connectivity index (χ0n) is 18.2. The predicted octanol–water partition coefficient (Wildman–Crippen LogP) is 2.89. The van der Waals surface area contributed by atoms with Crippen LogP contribution in [0.15, 0.2) is 41.6 Å². The Bertz CT molecular complexity index is 1300. The second-order valence-corrected chi connectivity index (χ2v) is 10.4. The van der Waals surface area contributed by atoms with E-state index in [1.54, 1.807) is 23.1 Å². The third kappa shape index (κ3) is 4.90. The van der Waals surface area contributed by atoms with Gasteiger partial charge in [-0.1, -0.05) is 24.6 Å². The number of aromatic nitrogens is 3. The van der Waals surface area contributed by atoms with E-state index < -0.39 is 16.1 Å². The van der Waals surface area contributed by atoms with Crippen LogP contribution < -0.4 is 4.72 Å². The summed E-state index contributed by atoms with van der Waals surface area (Å²) < 4.78 is 30.9. The molecule has 11 heteroatoms. The zero-order chi connectivity index (χ0) is 23.6. The minimum Gasteiger partial charge on any atom is -0.360 e. The van der Waals surface area contributed by atoms with Crippen LogP contribution in [0.3, 0.4) is 0 Å². The third-order valence-electron chi connectivity index (χ3n) is 6.06. The second kappa shape index (κ2) is 9.55. The number of hydrogen-bond acceptors (Lipinski definition) is 5. The van der Waals surface area contributed by atoms with Gasteiger partial charge in [-0.15, -0.1) is 0 Å². The summed E-state index contributed by atoms with van der Waals surface area (Å²) >= 11 is 6.24. The molecule has 4 rings (SSSR count). The number of piperidine rings is 1. The number of aryl methyl sites for hydroxylation is 1. The number of nitrogens with one attached hydrogen (secondary N) is 2. The summed E-state index contributed by atoms with van der Waals surface area (Å²) in [5, 5.41) is 14.0. The van der Waals surface area contributed by atoms with Crippen molar-refractivity contribution in [3.63, 3.8) is 0 Å². The van der Waals surface area contributed by atoms with Crippen molar-refractivity contribution in [1.29, 1.82) is 5.26 Å². The Morgan fingerprint density at radius 3 is 2.85 bits per heavy atom. The third-order valence-corrected chi connectivity index (χ3v) is 7.87. The van der Waals surface area contributed by atoms with Crippen molar-refractivity contribution in [2.24, 2.45) is 5.92 Å².